The van der Waals surface area contributed by atoms with Crippen LogP contribution in [0.4, 0.5) is 11.4 Å². The summed E-state index contributed by atoms with van der Waals surface area (Å²) in [6, 6.07) is 0. The number of nitrogen functional groups attached to an aromatic ring is 1. The van der Waals surface area contributed by atoms with Crippen molar-refractivity contribution in [1.82, 2.24) is 0 Å². The molecule has 0 saturated heterocycles. The number of hydrogen-bond acceptors (Lipinski definition) is 4. The lowest BCUT2D eigenvalue weighted by Gasteiger charge is -2.25. The van der Waals surface area contributed by atoms with E-state index in [4.69, 9.17) is 30.2 Å². The van der Waals surface area contributed by atoms with Crippen LogP contribution in [0.2, 0.25) is 0 Å². The van der Waals surface area contributed by atoms with Crippen LogP contribution in [-0.4, -0.2) is 13.6 Å². The topological polar surface area (TPSA) is 29.3 Å². The molecule has 0 spiro atoms. The zero-order valence-electron chi connectivity index (χ0n) is 10.5. The third kappa shape index (κ3) is 3.01. The lowest BCUT2D eigenvalue weighted by molar-refractivity contribution is 0.367. The molecule has 16 heavy (non-hydrogen) atoms. The van der Waals surface area contributed by atoms with E-state index in [9.17, 15) is 0 Å². The monoisotopic (exact) mass is 256 g/mol. The van der Waals surface area contributed by atoms with E-state index in [1.807, 2.05) is 7.05 Å². The highest BCUT2D eigenvalue weighted by Crippen LogP contribution is 2.32. The average molecular weight is 256 g/mol. The Hall–Kier alpha value is -0.480. The molecule has 0 heterocycles. The molecule has 0 aromatic heterocycles. The third-order valence-corrected chi connectivity index (χ3v) is 3.67. The molecule has 2 N–H and O–H groups in total. The molecule has 4 heteroatoms. The first kappa shape index (κ1) is 13.6. The molecular weight excluding hydrogens is 236 g/mol. The van der Waals surface area contributed by atoms with Gasteiger partial charge in [0.2, 0.25) is 0 Å². The van der Waals surface area contributed by atoms with E-state index in [1.54, 1.807) is 0 Å². The summed E-state index contributed by atoms with van der Waals surface area (Å²) in [5, 5.41) is 0. The fraction of sp³-hybridized carbons (Fsp3) is 0.667. The highest BCUT2D eigenvalue weighted by Gasteiger charge is 2.16. The summed E-state index contributed by atoms with van der Waals surface area (Å²) in [7, 11) is 2.03. The Kier molecular flexibility index (Phi) is 4.07. The molecule has 0 unspecified atom stereocenters. The van der Waals surface area contributed by atoms with Crippen LogP contribution in [-0.2, 0) is 0 Å². The molecule has 0 saturated carbocycles. The van der Waals surface area contributed by atoms with Crippen LogP contribution in [0.25, 0.3) is 0 Å². The summed E-state index contributed by atoms with van der Waals surface area (Å²) in [5.41, 5.74) is 7.87. The van der Waals surface area contributed by atoms with Crippen molar-refractivity contribution in [1.29, 1.82) is 0 Å². The van der Waals surface area contributed by atoms with E-state index >= 15 is 0 Å². The minimum Gasteiger partial charge on any atom is -0.396 e. The van der Waals surface area contributed by atoms with Gasteiger partial charge < -0.3 is 10.6 Å². The van der Waals surface area contributed by atoms with Crippen LogP contribution < -0.4 is 10.6 Å². The second-order valence-corrected chi connectivity index (χ2v) is 6.32. The summed E-state index contributed by atoms with van der Waals surface area (Å²) in [5.74, 6) is 0. The van der Waals surface area contributed by atoms with Crippen molar-refractivity contribution >= 4 is 35.8 Å². The minimum atomic E-state index is 0.385. The second-order valence-electron chi connectivity index (χ2n) is 5.51. The summed E-state index contributed by atoms with van der Waals surface area (Å²) < 4.78 is 1.42. The Balaban J connectivity index is 2.52. The van der Waals surface area contributed by atoms with E-state index in [2.05, 4.69) is 25.7 Å². The maximum absolute atomic E-state index is 5.82. The quantitative estimate of drug-likeness (QED) is 0.828. The van der Waals surface area contributed by atoms with Crippen molar-refractivity contribution in [2.24, 2.45) is 5.41 Å². The maximum Gasteiger partial charge on any atom is 0.0834 e. The molecule has 0 atom stereocenters. The van der Waals surface area contributed by atoms with Crippen molar-refractivity contribution in [2.45, 2.75) is 33.6 Å². The Labute approximate surface area is 108 Å². The molecule has 0 radical (unpaired) electrons. The second kappa shape index (κ2) is 4.80. The van der Waals surface area contributed by atoms with Gasteiger partial charge >= 0.3 is 0 Å². The van der Waals surface area contributed by atoms with E-state index in [-0.39, 0.29) is 0 Å². The molecule has 0 bridgehead atoms. The van der Waals surface area contributed by atoms with Gasteiger partial charge in [-0.25, -0.2) is 0 Å². The molecule has 90 valence electrons. The summed E-state index contributed by atoms with van der Waals surface area (Å²) >= 11 is 10.2. The summed E-state index contributed by atoms with van der Waals surface area (Å²) in [6.45, 7) is 7.74. The first-order valence-electron chi connectivity index (χ1n) is 5.54. The van der Waals surface area contributed by atoms with Crippen molar-refractivity contribution < 1.29 is 0 Å². The van der Waals surface area contributed by atoms with Gasteiger partial charge in [0.05, 0.1) is 20.4 Å². The Morgan fingerprint density at radius 2 is 1.75 bits per heavy atom. The van der Waals surface area contributed by atoms with Gasteiger partial charge in [-0.05, 0) is 18.3 Å². The zero-order chi connectivity index (χ0) is 12.5. The van der Waals surface area contributed by atoms with Crippen LogP contribution in [0, 0.1) is 14.4 Å². The Morgan fingerprint density at radius 1 is 1.19 bits per heavy atom. The SMILES string of the molecule is CN(CCCC(C)(C)C)c1c(N)c(=S)c1=S. The molecule has 1 aromatic carbocycles. The molecule has 0 amide bonds. The minimum absolute atomic E-state index is 0.385. The van der Waals surface area contributed by atoms with E-state index in [0.29, 0.717) is 15.6 Å². The highest BCUT2D eigenvalue weighted by molar-refractivity contribution is 7.74. The number of rotatable bonds is 4. The predicted molar refractivity (Wildman–Crippen MR) is 76.9 cm³/mol. The first-order chi connectivity index (χ1) is 7.24. The molecule has 0 aliphatic carbocycles. The summed E-state index contributed by atoms with van der Waals surface area (Å²) in [6.07, 6.45) is 2.34. The van der Waals surface area contributed by atoms with Gasteiger partial charge in [0.15, 0.2) is 0 Å². The highest BCUT2D eigenvalue weighted by atomic mass is 32.1. The Morgan fingerprint density at radius 3 is 2.19 bits per heavy atom. The van der Waals surface area contributed by atoms with Crippen molar-refractivity contribution in [3.05, 3.63) is 9.02 Å². The summed E-state index contributed by atoms with van der Waals surface area (Å²) in [4.78, 5) is 2.12. The van der Waals surface area contributed by atoms with Gasteiger partial charge in [-0.15, -0.1) is 0 Å². The lowest BCUT2D eigenvalue weighted by Crippen LogP contribution is -2.23. The molecule has 0 aliphatic heterocycles. The van der Waals surface area contributed by atoms with Crippen molar-refractivity contribution in [3.63, 3.8) is 0 Å². The van der Waals surface area contributed by atoms with E-state index in [1.165, 1.54) is 6.42 Å². The van der Waals surface area contributed by atoms with E-state index in [0.717, 1.165) is 23.2 Å². The first-order valence-corrected chi connectivity index (χ1v) is 6.35. The van der Waals surface area contributed by atoms with Crippen LogP contribution in [0.5, 0.6) is 0 Å². The third-order valence-electron chi connectivity index (χ3n) is 2.72. The smallest absolute Gasteiger partial charge is 0.0834 e. The molecule has 2 nitrogen and oxygen atoms in total. The molecule has 0 aliphatic rings. The molecule has 1 aromatic rings. The largest absolute Gasteiger partial charge is 0.396 e. The number of anilines is 2. The van der Waals surface area contributed by atoms with Gasteiger partial charge in [0, 0.05) is 13.6 Å². The van der Waals surface area contributed by atoms with Crippen LogP contribution in [0.15, 0.2) is 0 Å². The Bertz CT molecular complexity index is 436. The van der Waals surface area contributed by atoms with Gasteiger partial charge in [0.25, 0.3) is 0 Å². The fourth-order valence-corrected chi connectivity index (χ4v) is 2.30. The normalized spacial score (nSPS) is 12.0. The van der Waals surface area contributed by atoms with Gasteiger partial charge in [-0.1, -0.05) is 45.2 Å². The van der Waals surface area contributed by atoms with Crippen molar-refractivity contribution in [3.8, 4) is 0 Å². The number of nitrogens with zero attached hydrogens (tertiary/aromatic N) is 1. The fourth-order valence-electron chi connectivity index (χ4n) is 1.73. The van der Waals surface area contributed by atoms with E-state index < -0.39 is 0 Å². The predicted octanol–water partition coefficient (Wildman–Crippen LogP) is 3.87. The zero-order valence-corrected chi connectivity index (χ0v) is 12.1. The number of hydrogen-bond donors (Lipinski definition) is 1. The standard InChI is InChI=1S/C12H20N2S2/c1-12(2,3)6-5-7-14(4)9-8(13)10(15)11(9)16/h5-7,13H2,1-4H3. The maximum atomic E-state index is 5.82. The molecule has 1 rings (SSSR count). The van der Waals surface area contributed by atoms with Crippen LogP contribution in [0.1, 0.15) is 33.6 Å². The van der Waals surface area contributed by atoms with Gasteiger partial charge in [-0.3, -0.25) is 0 Å². The molecular formula is C12H20N2S2. The van der Waals surface area contributed by atoms with Gasteiger partial charge in [-0.2, -0.15) is 0 Å². The molecule has 0 fully saturated rings. The average Bonchev–Trinajstić information content (AvgIpc) is 2.15. The lowest BCUT2D eigenvalue weighted by atomic mass is 9.90. The van der Waals surface area contributed by atoms with Crippen molar-refractivity contribution in [2.75, 3.05) is 24.2 Å². The van der Waals surface area contributed by atoms with Crippen LogP contribution >= 0.6 is 24.4 Å². The van der Waals surface area contributed by atoms with Gasteiger partial charge in [0.1, 0.15) is 0 Å². The van der Waals surface area contributed by atoms with Crippen LogP contribution in [0.3, 0.4) is 0 Å². The number of nitrogens with two attached hydrogens (primary N) is 1.